The number of anilines is 1. The third kappa shape index (κ3) is 3.32. The molecular formula is C15H20N2O4. The summed E-state index contributed by atoms with van der Waals surface area (Å²) in [6, 6.07) is 4.34. The molecule has 1 aromatic carbocycles. The molecule has 1 aliphatic rings. The van der Waals surface area contributed by atoms with Crippen molar-refractivity contribution in [3.05, 3.63) is 33.9 Å². The maximum atomic E-state index is 11.2. The van der Waals surface area contributed by atoms with Crippen molar-refractivity contribution in [3.8, 4) is 0 Å². The molecule has 0 bridgehead atoms. The van der Waals surface area contributed by atoms with Crippen LogP contribution >= 0.6 is 0 Å². The van der Waals surface area contributed by atoms with E-state index in [0.29, 0.717) is 11.8 Å². The van der Waals surface area contributed by atoms with Gasteiger partial charge in [0.1, 0.15) is 5.56 Å². The summed E-state index contributed by atoms with van der Waals surface area (Å²) in [6.07, 6.45) is 2.13. The number of rotatable bonds is 4. The summed E-state index contributed by atoms with van der Waals surface area (Å²) in [7, 11) is 0. The average Bonchev–Trinajstić information content (AvgIpc) is 2.46. The van der Waals surface area contributed by atoms with Crippen LogP contribution in [0.2, 0.25) is 0 Å². The van der Waals surface area contributed by atoms with Crippen molar-refractivity contribution in [3.63, 3.8) is 0 Å². The minimum atomic E-state index is -1.26. The Balaban J connectivity index is 2.20. The van der Waals surface area contributed by atoms with Crippen LogP contribution in [0.15, 0.2) is 18.2 Å². The largest absolute Gasteiger partial charge is 0.477 e. The van der Waals surface area contributed by atoms with Crippen LogP contribution in [0, 0.1) is 22.0 Å². The van der Waals surface area contributed by atoms with Crippen molar-refractivity contribution in [2.24, 2.45) is 11.8 Å². The van der Waals surface area contributed by atoms with Gasteiger partial charge in [0.2, 0.25) is 0 Å². The Morgan fingerprint density at radius 2 is 2.00 bits per heavy atom. The Morgan fingerprint density at radius 3 is 2.48 bits per heavy atom. The number of aromatic carboxylic acids is 1. The molecule has 6 heteroatoms. The van der Waals surface area contributed by atoms with E-state index in [1.54, 1.807) is 6.07 Å². The molecule has 1 heterocycles. The standard InChI is InChI=1S/C15H20N2O4/c1-10(2)11-5-7-16(8-6-11)12-3-4-14(17(20)21)13(9-12)15(18)19/h3-4,9-11H,5-8H2,1-2H3,(H,18,19). The fourth-order valence-electron chi connectivity index (χ4n) is 2.88. The van der Waals surface area contributed by atoms with Gasteiger partial charge < -0.3 is 10.0 Å². The fraction of sp³-hybridized carbons (Fsp3) is 0.533. The van der Waals surface area contributed by atoms with Crippen molar-refractivity contribution in [1.82, 2.24) is 0 Å². The van der Waals surface area contributed by atoms with Crippen molar-refractivity contribution in [2.45, 2.75) is 26.7 Å². The van der Waals surface area contributed by atoms with E-state index in [1.165, 1.54) is 12.1 Å². The van der Waals surface area contributed by atoms with Gasteiger partial charge >= 0.3 is 5.97 Å². The molecule has 0 spiro atoms. The molecule has 2 rings (SSSR count). The Morgan fingerprint density at radius 1 is 1.38 bits per heavy atom. The first-order valence-corrected chi connectivity index (χ1v) is 7.17. The highest BCUT2D eigenvalue weighted by atomic mass is 16.6. The Kier molecular flexibility index (Phi) is 4.45. The third-order valence-electron chi connectivity index (χ3n) is 4.25. The number of benzene rings is 1. The summed E-state index contributed by atoms with van der Waals surface area (Å²) in [5.41, 5.74) is 0.145. The highest BCUT2D eigenvalue weighted by Crippen LogP contribution is 2.30. The van der Waals surface area contributed by atoms with E-state index >= 15 is 0 Å². The normalized spacial score (nSPS) is 16.2. The van der Waals surface area contributed by atoms with Gasteiger partial charge in [-0.3, -0.25) is 10.1 Å². The molecular weight excluding hydrogens is 272 g/mol. The second-order valence-electron chi connectivity index (χ2n) is 5.83. The summed E-state index contributed by atoms with van der Waals surface area (Å²) in [4.78, 5) is 23.5. The van der Waals surface area contributed by atoms with E-state index in [9.17, 15) is 14.9 Å². The van der Waals surface area contributed by atoms with Crippen LogP contribution in [0.1, 0.15) is 37.0 Å². The topological polar surface area (TPSA) is 83.7 Å². The van der Waals surface area contributed by atoms with Crippen LogP contribution in [0.4, 0.5) is 11.4 Å². The Hall–Kier alpha value is -2.11. The van der Waals surface area contributed by atoms with Crippen LogP contribution in [-0.2, 0) is 0 Å². The van der Waals surface area contributed by atoms with Crippen LogP contribution in [0.5, 0.6) is 0 Å². The SMILES string of the molecule is CC(C)C1CCN(c2ccc([N+](=O)[O-])c(C(=O)O)c2)CC1. The van der Waals surface area contributed by atoms with Crippen molar-refractivity contribution in [1.29, 1.82) is 0 Å². The lowest BCUT2D eigenvalue weighted by Gasteiger charge is -2.35. The summed E-state index contributed by atoms with van der Waals surface area (Å²) in [5.74, 6) is 0.0810. The maximum absolute atomic E-state index is 11.2. The smallest absolute Gasteiger partial charge is 0.342 e. The first-order chi connectivity index (χ1) is 9.90. The van der Waals surface area contributed by atoms with Crippen molar-refractivity contribution >= 4 is 17.3 Å². The van der Waals surface area contributed by atoms with Crippen molar-refractivity contribution < 1.29 is 14.8 Å². The molecule has 1 aromatic rings. The zero-order chi connectivity index (χ0) is 15.6. The van der Waals surface area contributed by atoms with E-state index < -0.39 is 10.9 Å². The second kappa shape index (κ2) is 6.11. The molecule has 1 fully saturated rings. The molecule has 114 valence electrons. The molecule has 1 saturated heterocycles. The predicted molar refractivity (Wildman–Crippen MR) is 79.8 cm³/mol. The lowest BCUT2D eigenvalue weighted by Crippen LogP contribution is -2.35. The first-order valence-electron chi connectivity index (χ1n) is 7.17. The molecule has 0 amide bonds. The molecule has 1 aliphatic heterocycles. The van der Waals surface area contributed by atoms with Crippen LogP contribution < -0.4 is 4.90 Å². The summed E-state index contributed by atoms with van der Waals surface area (Å²) >= 11 is 0. The molecule has 6 nitrogen and oxygen atoms in total. The number of piperidine rings is 1. The molecule has 0 radical (unpaired) electrons. The average molecular weight is 292 g/mol. The Labute approximate surface area is 123 Å². The van der Waals surface area contributed by atoms with Gasteiger partial charge in [0.05, 0.1) is 4.92 Å². The minimum absolute atomic E-state index is 0.247. The van der Waals surface area contributed by atoms with E-state index in [1.807, 2.05) is 0 Å². The highest BCUT2D eigenvalue weighted by molar-refractivity contribution is 5.93. The van der Waals surface area contributed by atoms with Gasteiger partial charge in [-0.05, 0) is 36.8 Å². The van der Waals surface area contributed by atoms with E-state index in [0.717, 1.165) is 31.6 Å². The number of carbonyl (C=O) groups is 1. The lowest BCUT2D eigenvalue weighted by molar-refractivity contribution is -0.385. The molecule has 0 saturated carbocycles. The lowest BCUT2D eigenvalue weighted by atomic mass is 9.86. The van der Waals surface area contributed by atoms with E-state index in [-0.39, 0.29) is 11.3 Å². The minimum Gasteiger partial charge on any atom is -0.477 e. The predicted octanol–water partition coefficient (Wildman–Crippen LogP) is 3.17. The molecule has 21 heavy (non-hydrogen) atoms. The van der Waals surface area contributed by atoms with Crippen molar-refractivity contribution in [2.75, 3.05) is 18.0 Å². The van der Waals surface area contributed by atoms with Gasteiger partial charge in [0.25, 0.3) is 5.69 Å². The Bertz CT molecular complexity index is 549. The quantitative estimate of drug-likeness (QED) is 0.680. The van der Waals surface area contributed by atoms with Gasteiger partial charge in [-0.2, -0.15) is 0 Å². The number of nitro benzene ring substituents is 1. The van der Waals surface area contributed by atoms with Crippen LogP contribution in [-0.4, -0.2) is 29.1 Å². The third-order valence-corrected chi connectivity index (χ3v) is 4.25. The number of hydrogen-bond donors (Lipinski definition) is 1. The number of hydrogen-bond acceptors (Lipinski definition) is 4. The fourth-order valence-corrected chi connectivity index (χ4v) is 2.88. The maximum Gasteiger partial charge on any atom is 0.342 e. The number of carboxylic acid groups (broad SMARTS) is 1. The van der Waals surface area contributed by atoms with E-state index in [2.05, 4.69) is 18.7 Å². The zero-order valence-corrected chi connectivity index (χ0v) is 12.3. The van der Waals surface area contributed by atoms with Crippen LogP contribution in [0.3, 0.4) is 0 Å². The molecule has 1 N–H and O–H groups in total. The van der Waals surface area contributed by atoms with Gasteiger partial charge in [0, 0.05) is 24.8 Å². The summed E-state index contributed by atoms with van der Waals surface area (Å²) in [6.45, 7) is 6.16. The van der Waals surface area contributed by atoms with E-state index in [4.69, 9.17) is 5.11 Å². The molecule has 0 atom stereocenters. The number of carboxylic acids is 1. The van der Waals surface area contributed by atoms with Crippen LogP contribution in [0.25, 0.3) is 0 Å². The van der Waals surface area contributed by atoms with Gasteiger partial charge in [-0.1, -0.05) is 13.8 Å². The monoisotopic (exact) mass is 292 g/mol. The molecule has 0 aromatic heterocycles. The zero-order valence-electron chi connectivity index (χ0n) is 12.3. The first kappa shape index (κ1) is 15.3. The summed E-state index contributed by atoms with van der Waals surface area (Å²) < 4.78 is 0. The van der Waals surface area contributed by atoms with Gasteiger partial charge in [-0.15, -0.1) is 0 Å². The van der Waals surface area contributed by atoms with Gasteiger partial charge in [-0.25, -0.2) is 4.79 Å². The number of nitro groups is 1. The van der Waals surface area contributed by atoms with Gasteiger partial charge in [0.15, 0.2) is 0 Å². The second-order valence-corrected chi connectivity index (χ2v) is 5.83. The number of nitrogens with zero attached hydrogens (tertiary/aromatic N) is 2. The molecule has 0 unspecified atom stereocenters. The molecule has 0 aliphatic carbocycles. The highest BCUT2D eigenvalue weighted by Gasteiger charge is 2.25. The summed E-state index contributed by atoms with van der Waals surface area (Å²) in [5, 5.41) is 20.0.